The maximum absolute atomic E-state index is 4.54. The van der Waals surface area contributed by atoms with Crippen molar-refractivity contribution in [1.29, 1.82) is 0 Å². The van der Waals surface area contributed by atoms with Gasteiger partial charge in [0.1, 0.15) is 0 Å². The molecule has 0 saturated heterocycles. The van der Waals surface area contributed by atoms with Crippen molar-refractivity contribution in [3.63, 3.8) is 0 Å². The lowest BCUT2D eigenvalue weighted by Gasteiger charge is -1.98. The molecule has 0 fully saturated rings. The third-order valence-electron chi connectivity index (χ3n) is 2.40. The van der Waals surface area contributed by atoms with Crippen LogP contribution in [0, 0.1) is 6.92 Å². The minimum Gasteiger partial charge on any atom is -0.143 e. The third kappa shape index (κ3) is 2.26. The van der Waals surface area contributed by atoms with Gasteiger partial charge in [0, 0.05) is 19.5 Å². The topological polar surface area (TPSA) is 0 Å². The van der Waals surface area contributed by atoms with Crippen LogP contribution < -0.4 is 0 Å². The smallest absolute Gasteiger partial charge is 0.0471 e. The van der Waals surface area contributed by atoms with Gasteiger partial charge in [-0.1, -0.05) is 5.57 Å². The first-order chi connectivity index (χ1) is 7.59. The van der Waals surface area contributed by atoms with Gasteiger partial charge in [0.15, 0.2) is 0 Å². The fourth-order valence-electron chi connectivity index (χ4n) is 1.46. The van der Waals surface area contributed by atoms with E-state index in [1.807, 2.05) is 11.3 Å². The van der Waals surface area contributed by atoms with Crippen LogP contribution >= 0.6 is 35.3 Å². The number of allylic oxidation sites excluding steroid dienone is 1. The van der Waals surface area contributed by atoms with E-state index < -0.39 is 0 Å². The first-order valence-corrected chi connectivity index (χ1v) is 7.25. The van der Waals surface area contributed by atoms with Crippen LogP contribution in [0.1, 0.15) is 24.3 Å². The minimum atomic E-state index is 1.10. The highest BCUT2D eigenvalue weighted by atomic mass is 32.1. The van der Waals surface area contributed by atoms with Gasteiger partial charge < -0.3 is 0 Å². The summed E-state index contributed by atoms with van der Waals surface area (Å²) in [7, 11) is 0. The van der Waals surface area contributed by atoms with E-state index in [9.17, 15) is 0 Å². The summed E-state index contributed by atoms with van der Waals surface area (Å²) in [5.74, 6) is 0. The van der Waals surface area contributed by atoms with Crippen LogP contribution in [0.3, 0.4) is 0 Å². The third-order valence-corrected chi connectivity index (χ3v) is 5.54. The average Bonchev–Trinajstić information content (AvgIpc) is 2.84. The Balaban J connectivity index is 2.41. The zero-order chi connectivity index (χ0) is 11.7. The summed E-state index contributed by atoms with van der Waals surface area (Å²) in [5.41, 5.74) is 2.62. The molecule has 0 nitrogen and oxygen atoms in total. The van der Waals surface area contributed by atoms with Gasteiger partial charge in [0.25, 0.3) is 0 Å². The number of rotatable bonds is 2. The van der Waals surface area contributed by atoms with Crippen LogP contribution in [0.5, 0.6) is 0 Å². The quantitative estimate of drug-likeness (QED) is 0.685. The molecule has 2 aromatic rings. The second-order valence-corrected chi connectivity index (χ2v) is 6.39. The van der Waals surface area contributed by atoms with E-state index in [4.69, 9.17) is 0 Å². The molecule has 0 spiro atoms. The molecule has 2 aromatic heterocycles. The molecule has 0 aliphatic carbocycles. The van der Waals surface area contributed by atoms with Gasteiger partial charge in [-0.2, -0.15) is 0 Å². The first-order valence-electron chi connectivity index (χ1n) is 5.10. The van der Waals surface area contributed by atoms with Crippen LogP contribution in [0.15, 0.2) is 29.2 Å². The highest BCUT2D eigenvalue weighted by Gasteiger charge is 2.08. The molecule has 3 heteroatoms. The number of hydrogen-bond donors (Lipinski definition) is 1. The van der Waals surface area contributed by atoms with Crippen molar-refractivity contribution in [3.8, 4) is 9.75 Å². The summed E-state index contributed by atoms with van der Waals surface area (Å²) < 4.78 is 0. The Bertz CT molecular complexity index is 525. The van der Waals surface area contributed by atoms with Gasteiger partial charge >= 0.3 is 0 Å². The van der Waals surface area contributed by atoms with Crippen molar-refractivity contribution in [2.45, 2.75) is 20.8 Å². The SMILES string of the molecule is CC(C)=C(S)c1ccc(-c2sccc2C)s1. The highest BCUT2D eigenvalue weighted by molar-refractivity contribution is 7.90. The molecule has 2 heterocycles. The summed E-state index contributed by atoms with van der Waals surface area (Å²) in [5, 5.41) is 2.15. The van der Waals surface area contributed by atoms with E-state index in [1.165, 1.54) is 25.8 Å². The van der Waals surface area contributed by atoms with Crippen molar-refractivity contribution in [2.24, 2.45) is 0 Å². The lowest BCUT2D eigenvalue weighted by molar-refractivity contribution is 1.42. The Morgan fingerprint density at radius 1 is 1.19 bits per heavy atom. The zero-order valence-electron chi connectivity index (χ0n) is 9.57. The van der Waals surface area contributed by atoms with Crippen LogP contribution in [0.2, 0.25) is 0 Å². The second kappa shape index (κ2) is 4.78. The number of thiol groups is 1. The Morgan fingerprint density at radius 2 is 1.94 bits per heavy atom. The molecule has 0 bridgehead atoms. The first kappa shape index (κ1) is 12.0. The largest absolute Gasteiger partial charge is 0.143 e. The van der Waals surface area contributed by atoms with Crippen molar-refractivity contribution in [2.75, 3.05) is 0 Å². The van der Waals surface area contributed by atoms with E-state index in [2.05, 4.69) is 57.0 Å². The summed E-state index contributed by atoms with van der Waals surface area (Å²) in [6.45, 7) is 6.35. The molecule has 0 amide bonds. The molecule has 0 radical (unpaired) electrons. The monoisotopic (exact) mass is 266 g/mol. The predicted molar refractivity (Wildman–Crippen MR) is 79.6 cm³/mol. The predicted octanol–water partition coefficient (Wildman–Crippen LogP) is 5.47. The van der Waals surface area contributed by atoms with Crippen LogP contribution in [-0.4, -0.2) is 0 Å². The fourth-order valence-corrected chi connectivity index (χ4v) is 3.85. The Morgan fingerprint density at radius 3 is 2.50 bits per heavy atom. The minimum absolute atomic E-state index is 1.10. The lowest BCUT2D eigenvalue weighted by atomic mass is 10.2. The molecule has 16 heavy (non-hydrogen) atoms. The van der Waals surface area contributed by atoms with Crippen LogP contribution in [-0.2, 0) is 0 Å². The molecule has 0 atom stereocenters. The second-order valence-electron chi connectivity index (χ2n) is 3.95. The van der Waals surface area contributed by atoms with Gasteiger partial charge in [-0.15, -0.1) is 35.3 Å². The molecule has 0 aromatic carbocycles. The zero-order valence-corrected chi connectivity index (χ0v) is 12.1. The fraction of sp³-hybridized carbons (Fsp3) is 0.231. The molecule has 0 aliphatic rings. The van der Waals surface area contributed by atoms with E-state index in [-0.39, 0.29) is 0 Å². The van der Waals surface area contributed by atoms with Crippen molar-refractivity contribution in [3.05, 3.63) is 39.6 Å². The lowest BCUT2D eigenvalue weighted by Crippen LogP contribution is -1.71. The summed E-state index contributed by atoms with van der Waals surface area (Å²) >= 11 is 8.17. The van der Waals surface area contributed by atoms with Crippen LogP contribution in [0.25, 0.3) is 14.7 Å². The van der Waals surface area contributed by atoms with Crippen LogP contribution in [0.4, 0.5) is 0 Å². The van der Waals surface area contributed by atoms with Crippen molar-refractivity contribution in [1.82, 2.24) is 0 Å². The summed E-state index contributed by atoms with van der Waals surface area (Å²) in [6.07, 6.45) is 0. The molecular weight excluding hydrogens is 252 g/mol. The van der Waals surface area contributed by atoms with Crippen molar-refractivity contribution >= 4 is 40.2 Å². The Hall–Kier alpha value is -0.510. The molecule has 2 rings (SSSR count). The maximum atomic E-state index is 4.54. The van der Waals surface area contributed by atoms with E-state index in [1.54, 1.807) is 11.3 Å². The molecule has 0 N–H and O–H groups in total. The van der Waals surface area contributed by atoms with Gasteiger partial charge in [0.2, 0.25) is 0 Å². The van der Waals surface area contributed by atoms with E-state index in [0.717, 1.165) is 4.91 Å². The number of hydrogen-bond acceptors (Lipinski definition) is 3. The molecule has 84 valence electrons. The average molecular weight is 266 g/mol. The molecule has 0 unspecified atom stereocenters. The Labute approximate surface area is 110 Å². The normalized spacial score (nSPS) is 10.5. The van der Waals surface area contributed by atoms with Crippen molar-refractivity contribution < 1.29 is 0 Å². The summed E-state index contributed by atoms with van der Waals surface area (Å²) in [6, 6.07) is 6.52. The number of thiophene rings is 2. The summed E-state index contributed by atoms with van der Waals surface area (Å²) in [4.78, 5) is 5.08. The highest BCUT2D eigenvalue weighted by Crippen LogP contribution is 2.38. The standard InChI is InChI=1S/C13H14S3/c1-8(2)12(14)10-4-5-11(16-10)13-9(3)6-7-15-13/h4-7,14H,1-3H3. The van der Waals surface area contributed by atoms with Gasteiger partial charge in [-0.05, 0) is 49.9 Å². The van der Waals surface area contributed by atoms with E-state index >= 15 is 0 Å². The Kier molecular flexibility index (Phi) is 3.57. The molecule has 0 saturated carbocycles. The van der Waals surface area contributed by atoms with Gasteiger partial charge in [-0.3, -0.25) is 0 Å². The van der Waals surface area contributed by atoms with E-state index in [0.29, 0.717) is 0 Å². The van der Waals surface area contributed by atoms with Gasteiger partial charge in [0.05, 0.1) is 0 Å². The molecular formula is C13H14S3. The number of aryl methyl sites for hydroxylation is 1. The van der Waals surface area contributed by atoms with Gasteiger partial charge in [-0.25, -0.2) is 0 Å². The maximum Gasteiger partial charge on any atom is 0.0471 e. The molecule has 0 aliphatic heterocycles.